The first-order valence-electron chi connectivity index (χ1n) is 9.82. The van der Waals surface area contributed by atoms with E-state index in [0.29, 0.717) is 22.9 Å². The molecule has 0 saturated heterocycles. The highest BCUT2D eigenvalue weighted by Gasteiger charge is 2.54. The smallest absolute Gasteiger partial charge is 0.232 e. The van der Waals surface area contributed by atoms with E-state index in [1.54, 1.807) is 24.3 Å². The van der Waals surface area contributed by atoms with Gasteiger partial charge < -0.3 is 9.84 Å². The summed E-state index contributed by atoms with van der Waals surface area (Å²) in [5.41, 5.74) is 0.618. The highest BCUT2D eigenvalue weighted by molar-refractivity contribution is 5.91. The Bertz CT molecular complexity index is 854. The van der Waals surface area contributed by atoms with Gasteiger partial charge in [0.15, 0.2) is 5.76 Å². The molecule has 0 aliphatic heterocycles. The van der Waals surface area contributed by atoms with Gasteiger partial charge in [-0.1, -0.05) is 38.1 Å². The molecule has 5 heteroatoms. The average molecular weight is 370 g/mol. The second-order valence-electron chi connectivity index (χ2n) is 9.22. The van der Waals surface area contributed by atoms with E-state index < -0.39 is 5.41 Å². The number of carbonyl (C=O) groups is 1. The van der Waals surface area contributed by atoms with Crippen LogP contribution in [0.4, 0.5) is 4.39 Å². The molecule has 1 N–H and O–H groups in total. The first-order valence-corrected chi connectivity index (χ1v) is 9.82. The topological polar surface area (TPSA) is 55.1 Å². The molecule has 27 heavy (non-hydrogen) atoms. The Hall–Kier alpha value is -2.17. The van der Waals surface area contributed by atoms with Gasteiger partial charge in [0.05, 0.1) is 16.7 Å². The number of nitrogens with one attached hydrogen (secondary N) is 1. The summed E-state index contributed by atoms with van der Waals surface area (Å²) in [5.74, 6) is 0.655. The van der Waals surface area contributed by atoms with Crippen LogP contribution in [-0.2, 0) is 10.2 Å². The Morgan fingerprint density at radius 3 is 2.67 bits per heavy atom. The van der Waals surface area contributed by atoms with Gasteiger partial charge in [-0.2, -0.15) is 0 Å². The van der Waals surface area contributed by atoms with Crippen LogP contribution in [0.3, 0.4) is 0 Å². The van der Waals surface area contributed by atoms with E-state index in [0.717, 1.165) is 25.7 Å². The van der Waals surface area contributed by atoms with E-state index >= 15 is 0 Å². The van der Waals surface area contributed by atoms with Crippen molar-refractivity contribution in [1.82, 2.24) is 10.5 Å². The van der Waals surface area contributed by atoms with Gasteiger partial charge in [0.1, 0.15) is 5.82 Å². The molecule has 2 aliphatic carbocycles. The SMILES string of the molecule is CC1CC(NC(=O)C2(c3cc(-c4ccccc4F)on3)CC2)CC(C)(C)C1. The average Bonchev–Trinajstić information content (AvgIpc) is 3.25. The third-order valence-corrected chi connectivity index (χ3v) is 6.05. The maximum atomic E-state index is 14.0. The highest BCUT2D eigenvalue weighted by Crippen LogP contribution is 2.49. The standard InChI is InChI=1S/C22H27FN2O2/c1-14-10-15(13-21(2,3)12-14)24-20(26)22(8-9-22)19-11-18(27-25-19)16-6-4-5-7-17(16)23/h4-7,11,14-15H,8-10,12-13H2,1-3H3,(H,24,26). The second-order valence-corrected chi connectivity index (χ2v) is 9.22. The molecule has 4 nitrogen and oxygen atoms in total. The number of nitrogens with zero attached hydrogens (tertiary/aromatic N) is 1. The van der Waals surface area contributed by atoms with Crippen molar-refractivity contribution in [2.45, 2.75) is 64.3 Å². The molecule has 1 aromatic carbocycles. The van der Waals surface area contributed by atoms with Gasteiger partial charge in [0, 0.05) is 12.1 Å². The summed E-state index contributed by atoms with van der Waals surface area (Å²) in [5, 5.41) is 7.39. The highest BCUT2D eigenvalue weighted by atomic mass is 19.1. The summed E-state index contributed by atoms with van der Waals surface area (Å²) < 4.78 is 19.4. The fourth-order valence-corrected chi connectivity index (χ4v) is 4.79. The monoisotopic (exact) mass is 370 g/mol. The molecule has 0 bridgehead atoms. The zero-order valence-corrected chi connectivity index (χ0v) is 16.2. The minimum atomic E-state index is -0.613. The third-order valence-electron chi connectivity index (χ3n) is 6.05. The van der Waals surface area contributed by atoms with Crippen molar-refractivity contribution in [3.05, 3.63) is 41.8 Å². The van der Waals surface area contributed by atoms with Crippen molar-refractivity contribution in [2.75, 3.05) is 0 Å². The Labute approximate surface area is 159 Å². The molecule has 2 saturated carbocycles. The Kier molecular flexibility index (Phi) is 4.36. The number of carbonyl (C=O) groups excluding carboxylic acids is 1. The molecule has 2 aromatic rings. The Balaban J connectivity index is 1.51. The van der Waals surface area contributed by atoms with E-state index in [-0.39, 0.29) is 23.2 Å². The van der Waals surface area contributed by atoms with Gasteiger partial charge in [0.25, 0.3) is 0 Å². The number of benzene rings is 1. The van der Waals surface area contributed by atoms with Crippen molar-refractivity contribution in [3.8, 4) is 11.3 Å². The number of hydrogen-bond acceptors (Lipinski definition) is 3. The van der Waals surface area contributed by atoms with Crippen LogP contribution in [-0.4, -0.2) is 17.1 Å². The van der Waals surface area contributed by atoms with Crippen LogP contribution < -0.4 is 5.32 Å². The van der Waals surface area contributed by atoms with Gasteiger partial charge in [0.2, 0.25) is 5.91 Å². The van der Waals surface area contributed by atoms with Crippen LogP contribution >= 0.6 is 0 Å². The van der Waals surface area contributed by atoms with Gasteiger partial charge in [-0.25, -0.2) is 4.39 Å². The van der Waals surface area contributed by atoms with Crippen molar-refractivity contribution < 1.29 is 13.7 Å². The quantitative estimate of drug-likeness (QED) is 0.837. The fraction of sp³-hybridized carbons (Fsp3) is 0.545. The lowest BCUT2D eigenvalue weighted by atomic mass is 9.70. The predicted molar refractivity (Wildman–Crippen MR) is 102 cm³/mol. The van der Waals surface area contributed by atoms with E-state index in [4.69, 9.17) is 4.52 Å². The Morgan fingerprint density at radius 2 is 2.00 bits per heavy atom. The molecule has 2 unspecified atom stereocenters. The van der Waals surface area contributed by atoms with Crippen LogP contribution in [0.5, 0.6) is 0 Å². The largest absolute Gasteiger partial charge is 0.356 e. The van der Waals surface area contributed by atoms with E-state index in [2.05, 4.69) is 31.2 Å². The molecule has 2 fully saturated rings. The molecule has 2 aliphatic rings. The van der Waals surface area contributed by atoms with Crippen LogP contribution in [0.1, 0.15) is 58.6 Å². The second kappa shape index (κ2) is 6.47. The molecule has 1 heterocycles. The summed E-state index contributed by atoms with van der Waals surface area (Å²) >= 11 is 0. The summed E-state index contributed by atoms with van der Waals surface area (Å²) in [4.78, 5) is 13.1. The van der Waals surface area contributed by atoms with Crippen LogP contribution in [0.25, 0.3) is 11.3 Å². The normalized spacial score (nSPS) is 25.8. The van der Waals surface area contributed by atoms with Gasteiger partial charge in [-0.3, -0.25) is 4.79 Å². The molecule has 0 spiro atoms. The summed E-state index contributed by atoms with van der Waals surface area (Å²) in [7, 11) is 0. The van der Waals surface area contributed by atoms with Crippen LogP contribution in [0, 0.1) is 17.2 Å². The van der Waals surface area contributed by atoms with Crippen molar-refractivity contribution in [1.29, 1.82) is 0 Å². The lowest BCUT2D eigenvalue weighted by Gasteiger charge is -2.39. The lowest BCUT2D eigenvalue weighted by molar-refractivity contribution is -0.125. The molecule has 2 atom stereocenters. The van der Waals surface area contributed by atoms with Crippen molar-refractivity contribution >= 4 is 5.91 Å². The number of halogens is 1. The zero-order chi connectivity index (χ0) is 19.2. The maximum absolute atomic E-state index is 14.0. The number of rotatable bonds is 4. The molecular formula is C22H27FN2O2. The van der Waals surface area contributed by atoms with Crippen LogP contribution in [0.15, 0.2) is 34.9 Å². The molecule has 1 amide bonds. The van der Waals surface area contributed by atoms with E-state index in [1.165, 1.54) is 12.5 Å². The van der Waals surface area contributed by atoms with E-state index in [1.807, 2.05) is 0 Å². The Morgan fingerprint density at radius 1 is 1.26 bits per heavy atom. The molecule has 4 rings (SSSR count). The third kappa shape index (κ3) is 3.52. The first kappa shape index (κ1) is 18.2. The maximum Gasteiger partial charge on any atom is 0.232 e. The number of hydrogen-bond donors (Lipinski definition) is 1. The number of amides is 1. The van der Waals surface area contributed by atoms with Crippen molar-refractivity contribution in [3.63, 3.8) is 0 Å². The molecule has 1 aromatic heterocycles. The summed E-state index contributed by atoms with van der Waals surface area (Å²) in [6.07, 6.45) is 4.73. The zero-order valence-electron chi connectivity index (χ0n) is 16.2. The van der Waals surface area contributed by atoms with Gasteiger partial charge >= 0.3 is 0 Å². The number of aromatic nitrogens is 1. The van der Waals surface area contributed by atoms with Gasteiger partial charge in [-0.15, -0.1) is 0 Å². The molecule has 0 radical (unpaired) electrons. The first-order chi connectivity index (χ1) is 12.8. The minimum absolute atomic E-state index is 0.0331. The fourth-order valence-electron chi connectivity index (χ4n) is 4.79. The van der Waals surface area contributed by atoms with E-state index in [9.17, 15) is 9.18 Å². The van der Waals surface area contributed by atoms with Crippen LogP contribution in [0.2, 0.25) is 0 Å². The van der Waals surface area contributed by atoms with Crippen molar-refractivity contribution in [2.24, 2.45) is 11.3 Å². The lowest BCUT2D eigenvalue weighted by Crippen LogP contribution is -2.46. The van der Waals surface area contributed by atoms with Gasteiger partial charge in [-0.05, 0) is 55.6 Å². The molecular weight excluding hydrogens is 343 g/mol. The summed E-state index contributed by atoms with van der Waals surface area (Å²) in [6, 6.07) is 8.36. The molecule has 144 valence electrons. The predicted octanol–water partition coefficient (Wildman–Crippen LogP) is 4.84. The minimum Gasteiger partial charge on any atom is -0.356 e. The summed E-state index contributed by atoms with van der Waals surface area (Å²) in [6.45, 7) is 6.80.